The van der Waals surface area contributed by atoms with Gasteiger partial charge in [-0.1, -0.05) is 6.07 Å². The summed E-state index contributed by atoms with van der Waals surface area (Å²) in [5.41, 5.74) is 0.419. The Morgan fingerprint density at radius 1 is 1.24 bits per heavy atom. The van der Waals surface area contributed by atoms with Gasteiger partial charge < -0.3 is 20.7 Å². The van der Waals surface area contributed by atoms with Gasteiger partial charge in [0.05, 0.1) is 13.7 Å². The van der Waals surface area contributed by atoms with E-state index in [4.69, 9.17) is 4.74 Å². The molecule has 3 amide bonds. The van der Waals surface area contributed by atoms with Crippen LogP contribution in [-0.4, -0.2) is 38.3 Å². The third kappa shape index (κ3) is 7.04. The first-order valence-electron chi connectivity index (χ1n) is 5.82. The number of urea groups is 1. The molecule has 0 fully saturated rings. The molecule has 21 heavy (non-hydrogen) atoms. The third-order valence-electron chi connectivity index (χ3n) is 2.22. The third-order valence-corrected chi connectivity index (χ3v) is 2.22. The molecule has 0 unspecified atom stereocenters. The number of ether oxygens (including phenoxy) is 1. The average molecular weight is 305 g/mol. The normalized spacial score (nSPS) is 10.7. The number of hydrogen-bond acceptors (Lipinski definition) is 3. The highest BCUT2D eigenvalue weighted by molar-refractivity contribution is 5.92. The number of amides is 3. The number of benzene rings is 1. The molecule has 0 heterocycles. The van der Waals surface area contributed by atoms with Gasteiger partial charge in [0.2, 0.25) is 5.91 Å². The van der Waals surface area contributed by atoms with E-state index in [1.807, 2.05) is 0 Å². The van der Waals surface area contributed by atoms with Crippen LogP contribution in [0.2, 0.25) is 0 Å². The summed E-state index contributed by atoms with van der Waals surface area (Å²) in [4.78, 5) is 22.5. The van der Waals surface area contributed by atoms with Gasteiger partial charge in [-0.25, -0.2) is 4.79 Å². The monoisotopic (exact) mass is 305 g/mol. The van der Waals surface area contributed by atoms with Crippen LogP contribution in [0, 0.1) is 0 Å². The van der Waals surface area contributed by atoms with Crippen molar-refractivity contribution < 1.29 is 27.5 Å². The summed E-state index contributed by atoms with van der Waals surface area (Å²) < 4.78 is 40.5. The molecule has 0 saturated carbocycles. The van der Waals surface area contributed by atoms with Crippen LogP contribution in [0.4, 0.5) is 23.7 Å². The Balaban J connectivity index is 2.35. The molecule has 0 aliphatic heterocycles. The van der Waals surface area contributed by atoms with Gasteiger partial charge >= 0.3 is 12.2 Å². The Morgan fingerprint density at radius 2 is 1.95 bits per heavy atom. The van der Waals surface area contributed by atoms with Gasteiger partial charge in [0.1, 0.15) is 12.3 Å². The first-order valence-corrected chi connectivity index (χ1v) is 5.82. The van der Waals surface area contributed by atoms with E-state index >= 15 is 0 Å². The van der Waals surface area contributed by atoms with Crippen molar-refractivity contribution in [2.24, 2.45) is 0 Å². The molecule has 1 rings (SSSR count). The molecule has 0 aromatic heterocycles. The highest BCUT2D eigenvalue weighted by atomic mass is 19.4. The molecule has 116 valence electrons. The number of methoxy groups -OCH3 is 1. The van der Waals surface area contributed by atoms with Gasteiger partial charge in [-0.3, -0.25) is 4.79 Å². The Hall–Kier alpha value is -2.45. The predicted octanol–water partition coefficient (Wildman–Crippen LogP) is 1.50. The van der Waals surface area contributed by atoms with E-state index in [1.165, 1.54) is 7.11 Å². The van der Waals surface area contributed by atoms with Crippen LogP contribution in [0.5, 0.6) is 5.75 Å². The maximum atomic E-state index is 11.8. The molecule has 0 aliphatic carbocycles. The fraction of sp³-hybridized carbons (Fsp3) is 0.333. The van der Waals surface area contributed by atoms with Crippen LogP contribution in [-0.2, 0) is 4.79 Å². The molecular formula is C12H14F3N3O3. The quantitative estimate of drug-likeness (QED) is 0.771. The highest BCUT2D eigenvalue weighted by Gasteiger charge is 2.27. The molecule has 9 heteroatoms. The summed E-state index contributed by atoms with van der Waals surface area (Å²) in [6.07, 6.45) is -4.49. The second-order valence-electron chi connectivity index (χ2n) is 3.93. The Labute approximate surface area is 118 Å². The molecular weight excluding hydrogens is 291 g/mol. The van der Waals surface area contributed by atoms with Crippen molar-refractivity contribution in [2.45, 2.75) is 6.18 Å². The smallest absolute Gasteiger partial charge is 0.405 e. The molecule has 0 spiro atoms. The largest absolute Gasteiger partial charge is 0.497 e. The number of carbonyl (C=O) groups excluding carboxylic acids is 2. The van der Waals surface area contributed by atoms with Crippen molar-refractivity contribution in [1.82, 2.24) is 10.6 Å². The zero-order valence-corrected chi connectivity index (χ0v) is 11.1. The van der Waals surface area contributed by atoms with Gasteiger partial charge in [-0.05, 0) is 12.1 Å². The van der Waals surface area contributed by atoms with Gasteiger partial charge in [-0.15, -0.1) is 0 Å². The average Bonchev–Trinajstić information content (AvgIpc) is 2.42. The second-order valence-corrected chi connectivity index (χ2v) is 3.93. The molecule has 1 aromatic carbocycles. The number of nitrogens with one attached hydrogen (secondary N) is 3. The number of carbonyl (C=O) groups is 2. The summed E-state index contributed by atoms with van der Waals surface area (Å²) in [6.45, 7) is -2.00. The van der Waals surface area contributed by atoms with E-state index in [9.17, 15) is 22.8 Å². The number of alkyl halides is 3. The SMILES string of the molecule is COc1cccc(NC(=O)NCC(=O)NCC(F)(F)F)c1. The lowest BCUT2D eigenvalue weighted by Crippen LogP contribution is -2.42. The minimum atomic E-state index is -4.49. The topological polar surface area (TPSA) is 79.5 Å². The lowest BCUT2D eigenvalue weighted by Gasteiger charge is -2.10. The van der Waals surface area contributed by atoms with E-state index in [0.717, 1.165) is 0 Å². The minimum Gasteiger partial charge on any atom is -0.497 e. The molecule has 0 saturated heterocycles. The van der Waals surface area contributed by atoms with Crippen LogP contribution in [0.15, 0.2) is 24.3 Å². The van der Waals surface area contributed by atoms with Gasteiger partial charge in [-0.2, -0.15) is 13.2 Å². The number of hydrogen-bond donors (Lipinski definition) is 3. The summed E-state index contributed by atoms with van der Waals surface area (Å²) in [5, 5.41) is 6.18. The number of halogens is 3. The maximum absolute atomic E-state index is 11.8. The van der Waals surface area contributed by atoms with Crippen molar-refractivity contribution in [3.8, 4) is 5.75 Å². The van der Waals surface area contributed by atoms with E-state index in [1.54, 1.807) is 29.6 Å². The lowest BCUT2D eigenvalue weighted by atomic mass is 10.3. The van der Waals surface area contributed by atoms with Crippen molar-refractivity contribution in [1.29, 1.82) is 0 Å². The zero-order valence-electron chi connectivity index (χ0n) is 11.1. The van der Waals surface area contributed by atoms with Crippen molar-refractivity contribution >= 4 is 17.6 Å². The summed E-state index contributed by atoms with van der Waals surface area (Å²) in [6, 6.07) is 5.73. The lowest BCUT2D eigenvalue weighted by molar-refractivity contribution is -0.137. The second kappa shape index (κ2) is 7.36. The molecule has 0 radical (unpaired) electrons. The maximum Gasteiger partial charge on any atom is 0.405 e. The van der Waals surface area contributed by atoms with Gasteiger partial charge in [0.15, 0.2) is 0 Å². The molecule has 0 bridgehead atoms. The van der Waals surface area contributed by atoms with Crippen LogP contribution in [0.1, 0.15) is 0 Å². The van der Waals surface area contributed by atoms with Gasteiger partial charge in [0, 0.05) is 11.8 Å². The van der Waals surface area contributed by atoms with Crippen LogP contribution in [0.25, 0.3) is 0 Å². The number of rotatable bonds is 5. The van der Waals surface area contributed by atoms with E-state index in [2.05, 4.69) is 10.6 Å². The summed E-state index contributed by atoms with van der Waals surface area (Å²) >= 11 is 0. The standard InChI is InChI=1S/C12H14F3N3O3/c1-21-9-4-2-3-8(5-9)18-11(20)16-6-10(19)17-7-12(13,14)15/h2-5H,6-7H2,1H3,(H,17,19)(H2,16,18,20). The van der Waals surface area contributed by atoms with Crippen molar-refractivity contribution in [3.63, 3.8) is 0 Å². The van der Waals surface area contributed by atoms with E-state index in [-0.39, 0.29) is 0 Å². The molecule has 1 aromatic rings. The van der Waals surface area contributed by atoms with Crippen molar-refractivity contribution in [3.05, 3.63) is 24.3 Å². The predicted molar refractivity (Wildman–Crippen MR) is 69.1 cm³/mol. The highest BCUT2D eigenvalue weighted by Crippen LogP contribution is 2.16. The van der Waals surface area contributed by atoms with Crippen LogP contribution >= 0.6 is 0 Å². The Morgan fingerprint density at radius 3 is 2.57 bits per heavy atom. The van der Waals surface area contributed by atoms with Gasteiger partial charge in [0.25, 0.3) is 0 Å². The summed E-state index contributed by atoms with van der Waals surface area (Å²) in [5.74, 6) is -0.413. The van der Waals surface area contributed by atoms with Crippen LogP contribution < -0.4 is 20.7 Å². The Bertz CT molecular complexity index is 506. The fourth-order valence-electron chi connectivity index (χ4n) is 1.30. The first-order chi connectivity index (χ1) is 9.80. The number of anilines is 1. The molecule has 3 N–H and O–H groups in total. The fourth-order valence-corrected chi connectivity index (χ4v) is 1.30. The molecule has 0 aliphatic rings. The first kappa shape index (κ1) is 16.6. The Kier molecular flexibility index (Phi) is 5.82. The van der Waals surface area contributed by atoms with Crippen molar-refractivity contribution in [2.75, 3.05) is 25.5 Å². The molecule has 0 atom stereocenters. The minimum absolute atomic E-state index is 0.419. The van der Waals surface area contributed by atoms with E-state index in [0.29, 0.717) is 11.4 Å². The zero-order chi connectivity index (χ0) is 15.9. The van der Waals surface area contributed by atoms with Crippen LogP contribution in [0.3, 0.4) is 0 Å². The van der Waals surface area contributed by atoms with E-state index < -0.39 is 31.2 Å². The molecule has 6 nitrogen and oxygen atoms in total. The summed E-state index contributed by atoms with van der Waals surface area (Å²) in [7, 11) is 1.46.